The van der Waals surface area contributed by atoms with Gasteiger partial charge in [0.25, 0.3) is 0 Å². The van der Waals surface area contributed by atoms with Gasteiger partial charge in [-0.15, -0.1) is 0 Å². The first kappa shape index (κ1) is 17.4. The molecule has 0 fully saturated rings. The number of nitrogens with one attached hydrogen (secondary N) is 1. The molecule has 2 aromatic rings. The zero-order valence-corrected chi connectivity index (χ0v) is 14.5. The second-order valence-electron chi connectivity index (χ2n) is 4.65. The van der Waals surface area contributed by atoms with Crippen LogP contribution >= 0.6 is 23.2 Å². The lowest BCUT2D eigenvalue weighted by Crippen LogP contribution is -2.06. The van der Waals surface area contributed by atoms with E-state index in [-0.39, 0.29) is 0 Å². The van der Waals surface area contributed by atoms with Gasteiger partial charge in [-0.25, -0.2) is 0 Å². The summed E-state index contributed by atoms with van der Waals surface area (Å²) >= 11 is 12.3. The van der Waals surface area contributed by atoms with Gasteiger partial charge in [-0.1, -0.05) is 41.4 Å². The van der Waals surface area contributed by atoms with Gasteiger partial charge < -0.3 is 14.9 Å². The highest BCUT2D eigenvalue weighted by atomic mass is 35.5. The number of methoxy groups -OCH3 is 1. The Kier molecular flexibility index (Phi) is 6.56. The molecule has 0 bridgehead atoms. The zero-order chi connectivity index (χ0) is 16.7. The Bertz CT molecular complexity index is 690. The number of hydrogen-bond donors (Lipinski definition) is 1. The summed E-state index contributed by atoms with van der Waals surface area (Å²) < 4.78 is 10.8. The first-order chi connectivity index (χ1) is 11.2. The minimum absolute atomic E-state index is 0.485. The monoisotopic (exact) mass is 352 g/mol. The van der Waals surface area contributed by atoms with Gasteiger partial charge in [0, 0.05) is 5.02 Å². The van der Waals surface area contributed by atoms with Crippen molar-refractivity contribution in [3.63, 3.8) is 0 Å². The van der Waals surface area contributed by atoms with Crippen LogP contribution in [0.3, 0.4) is 0 Å². The molecule has 0 unspecified atom stereocenters. The Balaban J connectivity index is 2.05. The lowest BCUT2D eigenvalue weighted by Gasteiger charge is -2.11. The van der Waals surface area contributed by atoms with Crippen molar-refractivity contribution < 1.29 is 9.47 Å². The first-order valence-electron chi connectivity index (χ1n) is 7.15. The Morgan fingerprint density at radius 3 is 2.65 bits per heavy atom. The fraction of sp³-hybridized carbons (Fsp3) is 0.235. The van der Waals surface area contributed by atoms with E-state index in [2.05, 4.69) is 10.5 Å². The summed E-state index contributed by atoms with van der Waals surface area (Å²) in [7, 11) is 1.57. The summed E-state index contributed by atoms with van der Waals surface area (Å²) in [6.07, 6.45) is 1.67. The van der Waals surface area contributed by atoms with Crippen LogP contribution in [0.4, 0.5) is 0 Å². The van der Waals surface area contributed by atoms with Crippen molar-refractivity contribution in [2.24, 2.45) is 5.10 Å². The Morgan fingerprint density at radius 2 is 1.96 bits per heavy atom. The highest BCUT2D eigenvalue weighted by Crippen LogP contribution is 2.35. The molecular formula is C17H18Cl2N2O2. The molecule has 0 aliphatic heterocycles. The molecule has 0 saturated carbocycles. The molecule has 122 valence electrons. The number of rotatable bonds is 7. The van der Waals surface area contributed by atoms with Crippen LogP contribution in [0.5, 0.6) is 11.5 Å². The quantitative estimate of drug-likeness (QED) is 0.588. The Labute approximate surface area is 146 Å². The van der Waals surface area contributed by atoms with E-state index in [1.807, 2.05) is 37.3 Å². The molecule has 4 nitrogen and oxygen atoms in total. The molecule has 0 spiro atoms. The van der Waals surface area contributed by atoms with E-state index >= 15 is 0 Å². The largest absolute Gasteiger partial charge is 0.493 e. The van der Waals surface area contributed by atoms with Crippen molar-refractivity contribution in [2.75, 3.05) is 13.7 Å². The number of halogens is 2. The van der Waals surface area contributed by atoms with Crippen molar-refractivity contribution in [3.05, 3.63) is 57.6 Å². The summed E-state index contributed by atoms with van der Waals surface area (Å²) in [5, 5.41) is 5.38. The summed E-state index contributed by atoms with van der Waals surface area (Å²) in [5.41, 5.74) is 4.75. The molecule has 0 aliphatic carbocycles. The molecule has 0 amide bonds. The van der Waals surface area contributed by atoms with Crippen LogP contribution in [0, 0.1) is 0 Å². The van der Waals surface area contributed by atoms with E-state index in [1.165, 1.54) is 0 Å². The molecule has 0 aromatic heterocycles. The summed E-state index contributed by atoms with van der Waals surface area (Å²) in [5.74, 6) is 1.12. The summed E-state index contributed by atoms with van der Waals surface area (Å²) in [6.45, 7) is 2.95. The van der Waals surface area contributed by atoms with Crippen LogP contribution < -0.4 is 14.9 Å². The van der Waals surface area contributed by atoms with E-state index in [1.54, 1.807) is 19.4 Å². The molecule has 0 heterocycles. The molecule has 0 saturated heterocycles. The standard InChI is InChI=1S/C17H18Cl2N2O2/c1-3-23-17-15(19)8-12(9-16(17)22-2)10-20-21-11-13-6-4-5-7-14(13)18/h4-10,21H,3,11H2,1-2H3/b20-10-. The zero-order valence-electron chi connectivity index (χ0n) is 13.0. The lowest BCUT2D eigenvalue weighted by atomic mass is 10.2. The van der Waals surface area contributed by atoms with Gasteiger partial charge in [0.2, 0.25) is 0 Å². The second-order valence-corrected chi connectivity index (χ2v) is 5.47. The van der Waals surface area contributed by atoms with Crippen LogP contribution in [-0.4, -0.2) is 19.9 Å². The highest BCUT2D eigenvalue weighted by molar-refractivity contribution is 6.32. The van der Waals surface area contributed by atoms with E-state index in [9.17, 15) is 0 Å². The van der Waals surface area contributed by atoms with Crippen LogP contribution in [0.2, 0.25) is 10.0 Å². The van der Waals surface area contributed by atoms with Gasteiger partial charge in [0.05, 0.1) is 31.5 Å². The predicted octanol–water partition coefficient (Wildman–Crippen LogP) is 4.52. The molecule has 0 atom stereocenters. The number of hydrogen-bond acceptors (Lipinski definition) is 4. The Morgan fingerprint density at radius 1 is 1.17 bits per heavy atom. The summed E-state index contributed by atoms with van der Waals surface area (Å²) in [6, 6.07) is 11.2. The number of hydrazone groups is 1. The van der Waals surface area contributed by atoms with Gasteiger partial charge in [0.1, 0.15) is 0 Å². The topological polar surface area (TPSA) is 42.8 Å². The van der Waals surface area contributed by atoms with Crippen molar-refractivity contribution in [1.29, 1.82) is 0 Å². The van der Waals surface area contributed by atoms with E-state index < -0.39 is 0 Å². The van der Waals surface area contributed by atoms with Crippen LogP contribution in [0.25, 0.3) is 0 Å². The number of benzene rings is 2. The number of nitrogens with zero attached hydrogens (tertiary/aromatic N) is 1. The SMILES string of the molecule is CCOc1c(Cl)cc(/C=N\NCc2ccccc2Cl)cc1OC. The molecule has 2 rings (SSSR count). The third-order valence-corrected chi connectivity index (χ3v) is 3.72. The van der Waals surface area contributed by atoms with Crippen molar-refractivity contribution in [1.82, 2.24) is 5.43 Å². The van der Waals surface area contributed by atoms with E-state index in [4.69, 9.17) is 32.7 Å². The molecule has 2 aromatic carbocycles. The third-order valence-electron chi connectivity index (χ3n) is 3.07. The van der Waals surface area contributed by atoms with Gasteiger partial charge in [-0.2, -0.15) is 5.10 Å². The van der Waals surface area contributed by atoms with Gasteiger partial charge in [0.15, 0.2) is 11.5 Å². The van der Waals surface area contributed by atoms with Crippen LogP contribution in [0.15, 0.2) is 41.5 Å². The van der Waals surface area contributed by atoms with E-state index in [0.29, 0.717) is 34.7 Å². The molecule has 0 radical (unpaired) electrons. The third kappa shape index (κ3) is 4.78. The highest BCUT2D eigenvalue weighted by Gasteiger charge is 2.10. The summed E-state index contributed by atoms with van der Waals surface area (Å²) in [4.78, 5) is 0. The predicted molar refractivity (Wildman–Crippen MR) is 95.1 cm³/mol. The number of ether oxygens (including phenoxy) is 2. The first-order valence-corrected chi connectivity index (χ1v) is 7.91. The maximum Gasteiger partial charge on any atom is 0.179 e. The molecule has 0 aliphatic rings. The normalized spacial score (nSPS) is 10.8. The fourth-order valence-corrected chi connectivity index (χ4v) is 2.47. The van der Waals surface area contributed by atoms with Gasteiger partial charge in [-0.3, -0.25) is 0 Å². The van der Waals surface area contributed by atoms with Crippen molar-refractivity contribution in [2.45, 2.75) is 13.5 Å². The second kappa shape index (κ2) is 8.65. The average molecular weight is 353 g/mol. The maximum absolute atomic E-state index is 6.22. The lowest BCUT2D eigenvalue weighted by molar-refractivity contribution is 0.311. The molecule has 1 N–H and O–H groups in total. The molecular weight excluding hydrogens is 335 g/mol. The Hall–Kier alpha value is -1.91. The smallest absolute Gasteiger partial charge is 0.179 e. The maximum atomic E-state index is 6.22. The van der Waals surface area contributed by atoms with E-state index in [0.717, 1.165) is 11.1 Å². The van der Waals surface area contributed by atoms with Crippen LogP contribution in [-0.2, 0) is 6.54 Å². The minimum atomic E-state index is 0.485. The molecule has 6 heteroatoms. The van der Waals surface area contributed by atoms with Crippen molar-refractivity contribution >= 4 is 29.4 Å². The average Bonchev–Trinajstić information content (AvgIpc) is 2.55. The van der Waals surface area contributed by atoms with Gasteiger partial charge in [-0.05, 0) is 36.2 Å². The fourth-order valence-electron chi connectivity index (χ4n) is 1.99. The van der Waals surface area contributed by atoms with Crippen LogP contribution in [0.1, 0.15) is 18.1 Å². The minimum Gasteiger partial charge on any atom is -0.493 e. The van der Waals surface area contributed by atoms with Crippen molar-refractivity contribution in [3.8, 4) is 11.5 Å². The molecule has 23 heavy (non-hydrogen) atoms. The van der Waals surface area contributed by atoms with Gasteiger partial charge >= 0.3 is 0 Å².